The predicted octanol–water partition coefficient (Wildman–Crippen LogP) is 6.38. The van der Waals surface area contributed by atoms with E-state index in [1.165, 1.54) is 16.2 Å². The number of carbonyl (C=O) groups excluding carboxylic acids is 2. The highest BCUT2D eigenvalue weighted by molar-refractivity contribution is 7.22. The molecule has 7 nitrogen and oxygen atoms in total. The van der Waals surface area contributed by atoms with Crippen LogP contribution < -0.4 is 14.4 Å². The number of anilines is 1. The van der Waals surface area contributed by atoms with E-state index in [2.05, 4.69) is 13.8 Å². The minimum Gasteiger partial charge on any atom is -0.507 e. The number of carbonyl (C=O) groups is 2. The SMILES string of the molecule is COc1ccc2nc(N3C(=O)C(=O)C(=C(O)c4ccc5c(c4)C[C@@H](C)O5)[C@@H]3c3ccc(C(C)C)cc3)sc2c1. The number of aliphatic hydroxyl groups excluding tert-OH is 1. The molecule has 39 heavy (non-hydrogen) atoms. The van der Waals surface area contributed by atoms with Gasteiger partial charge in [0.15, 0.2) is 5.13 Å². The number of thiazole rings is 1. The highest BCUT2D eigenvalue weighted by atomic mass is 32.1. The fourth-order valence-electron chi connectivity index (χ4n) is 5.26. The monoisotopic (exact) mass is 540 g/mol. The molecule has 4 aromatic rings. The highest BCUT2D eigenvalue weighted by Crippen LogP contribution is 2.45. The Kier molecular flexibility index (Phi) is 6.14. The summed E-state index contributed by atoms with van der Waals surface area (Å²) in [6.45, 7) is 6.20. The summed E-state index contributed by atoms with van der Waals surface area (Å²) in [5.41, 5.74) is 4.02. The summed E-state index contributed by atoms with van der Waals surface area (Å²) < 4.78 is 12.0. The molecule has 0 spiro atoms. The number of amides is 1. The van der Waals surface area contributed by atoms with E-state index in [9.17, 15) is 14.7 Å². The Labute approximate surface area is 230 Å². The molecule has 0 bridgehead atoms. The van der Waals surface area contributed by atoms with Gasteiger partial charge in [0, 0.05) is 12.0 Å². The van der Waals surface area contributed by atoms with Crippen molar-refractivity contribution in [1.82, 2.24) is 4.98 Å². The van der Waals surface area contributed by atoms with E-state index in [-0.39, 0.29) is 17.4 Å². The topological polar surface area (TPSA) is 89.0 Å². The van der Waals surface area contributed by atoms with Crippen molar-refractivity contribution in [3.63, 3.8) is 0 Å². The second-order valence-electron chi connectivity index (χ2n) is 10.3. The lowest BCUT2D eigenvalue weighted by atomic mass is 9.93. The van der Waals surface area contributed by atoms with E-state index in [1.54, 1.807) is 25.3 Å². The van der Waals surface area contributed by atoms with Gasteiger partial charge in [-0.1, -0.05) is 49.4 Å². The Hall–Kier alpha value is -4.17. The highest BCUT2D eigenvalue weighted by Gasteiger charge is 2.48. The van der Waals surface area contributed by atoms with Crippen molar-refractivity contribution in [2.45, 2.75) is 45.3 Å². The average Bonchev–Trinajstić information content (AvgIpc) is 3.59. The molecule has 8 heteroatoms. The molecule has 0 radical (unpaired) electrons. The van der Waals surface area contributed by atoms with Gasteiger partial charge in [-0.15, -0.1) is 0 Å². The Morgan fingerprint density at radius 1 is 1.10 bits per heavy atom. The fraction of sp³-hybridized carbons (Fsp3) is 0.258. The van der Waals surface area contributed by atoms with Crippen molar-refractivity contribution in [2.75, 3.05) is 12.0 Å². The molecular weight excluding hydrogens is 512 g/mol. The lowest BCUT2D eigenvalue weighted by Gasteiger charge is -2.23. The van der Waals surface area contributed by atoms with Crippen molar-refractivity contribution in [3.05, 3.63) is 88.5 Å². The van der Waals surface area contributed by atoms with E-state index in [4.69, 9.17) is 14.5 Å². The van der Waals surface area contributed by atoms with Crippen LogP contribution in [0.15, 0.2) is 66.2 Å². The quantitative estimate of drug-likeness (QED) is 0.180. The van der Waals surface area contributed by atoms with Crippen LogP contribution in [0.3, 0.4) is 0 Å². The first kappa shape index (κ1) is 25.1. The van der Waals surface area contributed by atoms with Crippen molar-refractivity contribution in [3.8, 4) is 11.5 Å². The molecule has 0 unspecified atom stereocenters. The van der Waals surface area contributed by atoms with Gasteiger partial charge >= 0.3 is 5.91 Å². The second kappa shape index (κ2) is 9.54. The summed E-state index contributed by atoms with van der Waals surface area (Å²) in [5, 5.41) is 11.9. The zero-order valence-corrected chi connectivity index (χ0v) is 22.9. The average molecular weight is 541 g/mol. The minimum atomic E-state index is -0.836. The minimum absolute atomic E-state index is 0.0418. The number of aliphatic hydroxyl groups is 1. The smallest absolute Gasteiger partial charge is 0.301 e. The van der Waals surface area contributed by atoms with Crippen LogP contribution in [-0.4, -0.2) is 35.0 Å². The van der Waals surface area contributed by atoms with Gasteiger partial charge in [0.2, 0.25) is 0 Å². The molecule has 2 aliphatic heterocycles. The summed E-state index contributed by atoms with van der Waals surface area (Å²) in [4.78, 5) is 33.3. The van der Waals surface area contributed by atoms with Gasteiger partial charge in [0.05, 0.1) is 28.9 Å². The van der Waals surface area contributed by atoms with E-state index >= 15 is 0 Å². The first-order valence-electron chi connectivity index (χ1n) is 12.9. The lowest BCUT2D eigenvalue weighted by Crippen LogP contribution is -2.29. The molecule has 0 aliphatic carbocycles. The summed E-state index contributed by atoms with van der Waals surface area (Å²) in [5.74, 6) is 0.0892. The molecule has 2 aliphatic rings. The largest absolute Gasteiger partial charge is 0.507 e. The van der Waals surface area contributed by atoms with Gasteiger partial charge in [-0.25, -0.2) is 4.98 Å². The van der Waals surface area contributed by atoms with Gasteiger partial charge < -0.3 is 14.6 Å². The molecule has 1 N–H and O–H groups in total. The van der Waals surface area contributed by atoms with Gasteiger partial charge in [0.25, 0.3) is 5.78 Å². The van der Waals surface area contributed by atoms with Crippen molar-refractivity contribution >= 4 is 44.1 Å². The van der Waals surface area contributed by atoms with Gasteiger partial charge in [-0.05, 0) is 65.9 Å². The summed E-state index contributed by atoms with van der Waals surface area (Å²) in [7, 11) is 1.59. The standard InChI is InChI=1S/C31H28N2O5S/c1-16(2)18-5-7-19(8-6-18)27-26(28(34)20-9-12-24-21(14-20)13-17(3)38-24)29(35)30(36)33(27)31-32-23-11-10-22(37-4)15-25(23)39-31/h5-12,14-17,27,34H,13H2,1-4H3/t17-,27+/m1/s1. The van der Waals surface area contributed by atoms with Crippen LogP contribution in [0.2, 0.25) is 0 Å². The Balaban J connectivity index is 1.52. The maximum atomic E-state index is 13.6. The third kappa shape index (κ3) is 4.25. The maximum Gasteiger partial charge on any atom is 0.301 e. The van der Waals surface area contributed by atoms with Gasteiger partial charge in [-0.2, -0.15) is 0 Å². The van der Waals surface area contributed by atoms with Crippen molar-refractivity contribution < 1.29 is 24.2 Å². The van der Waals surface area contributed by atoms with Crippen molar-refractivity contribution in [2.24, 2.45) is 0 Å². The van der Waals surface area contributed by atoms with Crippen LogP contribution in [-0.2, 0) is 16.0 Å². The number of ether oxygens (including phenoxy) is 2. The fourth-order valence-corrected chi connectivity index (χ4v) is 6.28. The number of fused-ring (bicyclic) bond motifs is 2. The van der Waals surface area contributed by atoms with Crippen LogP contribution in [0.5, 0.6) is 11.5 Å². The molecule has 1 aromatic heterocycles. The number of ketones is 1. The molecule has 198 valence electrons. The molecule has 1 saturated heterocycles. The molecule has 3 heterocycles. The summed E-state index contributed by atoms with van der Waals surface area (Å²) >= 11 is 1.30. The van der Waals surface area contributed by atoms with E-state index < -0.39 is 17.7 Å². The predicted molar refractivity (Wildman–Crippen MR) is 152 cm³/mol. The molecule has 1 fully saturated rings. The Morgan fingerprint density at radius 2 is 1.87 bits per heavy atom. The third-order valence-electron chi connectivity index (χ3n) is 7.32. The zero-order valence-electron chi connectivity index (χ0n) is 22.1. The lowest BCUT2D eigenvalue weighted by molar-refractivity contribution is -0.132. The van der Waals surface area contributed by atoms with Gasteiger partial charge in [-0.3, -0.25) is 14.5 Å². The van der Waals surface area contributed by atoms with E-state index in [1.807, 2.05) is 49.4 Å². The number of nitrogens with zero attached hydrogens (tertiary/aromatic N) is 2. The Bertz CT molecular complexity index is 1650. The summed E-state index contributed by atoms with van der Waals surface area (Å²) in [6.07, 6.45) is 0.750. The Morgan fingerprint density at radius 3 is 2.59 bits per heavy atom. The number of benzene rings is 3. The van der Waals surface area contributed by atoms with E-state index in [0.29, 0.717) is 34.3 Å². The summed E-state index contributed by atoms with van der Waals surface area (Å²) in [6, 6.07) is 17.8. The molecule has 2 atom stereocenters. The molecule has 1 amide bonds. The number of Topliss-reactive ketones (excluding diaryl/α,β-unsaturated/α-hetero) is 1. The van der Waals surface area contributed by atoms with Crippen LogP contribution in [0.25, 0.3) is 16.0 Å². The van der Waals surface area contributed by atoms with Crippen LogP contribution in [0.4, 0.5) is 5.13 Å². The van der Waals surface area contributed by atoms with Crippen LogP contribution >= 0.6 is 11.3 Å². The third-order valence-corrected chi connectivity index (χ3v) is 8.34. The van der Waals surface area contributed by atoms with Crippen LogP contribution in [0.1, 0.15) is 55.0 Å². The number of hydrogen-bond acceptors (Lipinski definition) is 7. The number of methoxy groups -OCH3 is 1. The first-order chi connectivity index (χ1) is 18.7. The zero-order chi connectivity index (χ0) is 27.4. The van der Waals surface area contributed by atoms with Gasteiger partial charge in [0.1, 0.15) is 23.4 Å². The van der Waals surface area contributed by atoms with Crippen molar-refractivity contribution in [1.29, 1.82) is 0 Å². The number of aromatic nitrogens is 1. The number of rotatable bonds is 5. The first-order valence-corrected chi connectivity index (χ1v) is 13.7. The molecule has 0 saturated carbocycles. The van der Waals surface area contributed by atoms with Crippen LogP contribution in [0, 0.1) is 0 Å². The number of hydrogen-bond donors (Lipinski definition) is 1. The maximum absolute atomic E-state index is 13.6. The molecule has 6 rings (SSSR count). The molecule has 3 aromatic carbocycles. The molecular formula is C31H28N2O5S. The normalized spacial score (nSPS) is 20.1. The second-order valence-corrected chi connectivity index (χ2v) is 11.3. The van der Waals surface area contributed by atoms with E-state index in [0.717, 1.165) is 27.1 Å².